The van der Waals surface area contributed by atoms with Crippen LogP contribution in [-0.2, 0) is 12.0 Å². The number of amides is 2. The van der Waals surface area contributed by atoms with E-state index in [2.05, 4.69) is 36.4 Å². The molecule has 0 bridgehead atoms. The standard InChI is InChI=1S/C29H35N3O4S/c1-29(2,3)20-15-13-19(14-16-20)27(33)31-21-9-5-6-10-22(21)32-28(34)23-18-37-26(30-23)17-36-25-12-8-7-11-24(25)35-4/h7-8,11-16,18,21-22H,5-6,9-10,17H2,1-4H3,(H,31,33)(H,32,34). The molecule has 2 amide bonds. The summed E-state index contributed by atoms with van der Waals surface area (Å²) in [5, 5.41) is 8.69. The average molecular weight is 522 g/mol. The van der Waals surface area contributed by atoms with Gasteiger partial charge in [0.05, 0.1) is 7.11 Å². The van der Waals surface area contributed by atoms with Crippen LogP contribution < -0.4 is 20.1 Å². The third kappa shape index (κ3) is 6.89. The molecule has 4 rings (SSSR count). The molecule has 1 aliphatic carbocycles. The third-order valence-corrected chi connectivity index (χ3v) is 7.44. The van der Waals surface area contributed by atoms with E-state index < -0.39 is 0 Å². The number of thiazole rings is 1. The quantitative estimate of drug-likeness (QED) is 0.409. The van der Waals surface area contributed by atoms with Crippen molar-refractivity contribution >= 4 is 23.2 Å². The molecule has 1 aliphatic rings. The molecule has 2 atom stereocenters. The lowest BCUT2D eigenvalue weighted by atomic mass is 9.86. The number of nitrogens with zero attached hydrogens (tertiary/aromatic N) is 1. The summed E-state index contributed by atoms with van der Waals surface area (Å²) >= 11 is 1.38. The van der Waals surface area contributed by atoms with E-state index in [-0.39, 0.29) is 35.9 Å². The van der Waals surface area contributed by atoms with Crippen molar-refractivity contribution in [1.82, 2.24) is 15.6 Å². The summed E-state index contributed by atoms with van der Waals surface area (Å²) in [6.07, 6.45) is 3.66. The maximum atomic E-state index is 13.0. The lowest BCUT2D eigenvalue weighted by Gasteiger charge is -2.32. The Labute approximate surface area is 222 Å². The zero-order valence-electron chi connectivity index (χ0n) is 21.9. The van der Waals surface area contributed by atoms with Gasteiger partial charge in [-0.15, -0.1) is 11.3 Å². The van der Waals surface area contributed by atoms with Crippen LogP contribution in [0.4, 0.5) is 0 Å². The minimum atomic E-state index is -0.236. The van der Waals surface area contributed by atoms with Crippen molar-refractivity contribution < 1.29 is 19.1 Å². The highest BCUT2D eigenvalue weighted by Gasteiger charge is 2.29. The Morgan fingerprint density at radius 2 is 1.57 bits per heavy atom. The predicted octanol–water partition coefficient (Wildman–Crippen LogP) is 5.50. The number of benzene rings is 2. The Hall–Kier alpha value is -3.39. The van der Waals surface area contributed by atoms with E-state index in [0.29, 0.717) is 27.8 Å². The maximum Gasteiger partial charge on any atom is 0.271 e. The van der Waals surface area contributed by atoms with Crippen molar-refractivity contribution in [3.63, 3.8) is 0 Å². The first-order valence-electron chi connectivity index (χ1n) is 12.7. The Balaban J connectivity index is 1.35. The van der Waals surface area contributed by atoms with E-state index in [1.807, 2.05) is 48.5 Å². The first kappa shape index (κ1) is 26.7. The van der Waals surface area contributed by atoms with Crippen LogP contribution in [0.5, 0.6) is 11.5 Å². The number of methoxy groups -OCH3 is 1. The third-order valence-electron chi connectivity index (χ3n) is 6.62. The van der Waals surface area contributed by atoms with Crippen molar-refractivity contribution in [3.05, 3.63) is 75.7 Å². The van der Waals surface area contributed by atoms with Crippen LogP contribution in [0.3, 0.4) is 0 Å². The fourth-order valence-electron chi connectivity index (χ4n) is 4.45. The second-order valence-electron chi connectivity index (χ2n) is 10.3. The van der Waals surface area contributed by atoms with Crippen molar-refractivity contribution in [1.29, 1.82) is 0 Å². The average Bonchev–Trinajstić information content (AvgIpc) is 3.37. The lowest BCUT2D eigenvalue weighted by Crippen LogP contribution is -2.53. The number of carbonyl (C=O) groups is 2. The van der Waals surface area contributed by atoms with Crippen LogP contribution in [0.2, 0.25) is 0 Å². The number of nitrogens with one attached hydrogen (secondary N) is 2. The minimum Gasteiger partial charge on any atom is -0.493 e. The molecule has 0 aliphatic heterocycles. The van der Waals surface area contributed by atoms with Crippen LogP contribution in [-0.4, -0.2) is 36.0 Å². The summed E-state index contributed by atoms with van der Waals surface area (Å²) in [6.45, 7) is 6.69. The van der Waals surface area contributed by atoms with E-state index >= 15 is 0 Å². The summed E-state index contributed by atoms with van der Waals surface area (Å²) in [6, 6.07) is 14.9. The number of rotatable bonds is 8. The summed E-state index contributed by atoms with van der Waals surface area (Å²) < 4.78 is 11.1. The Morgan fingerprint density at radius 3 is 2.19 bits per heavy atom. The first-order valence-corrected chi connectivity index (χ1v) is 13.5. The summed E-state index contributed by atoms with van der Waals surface area (Å²) in [7, 11) is 1.59. The van der Waals surface area contributed by atoms with Crippen molar-refractivity contribution in [2.75, 3.05) is 7.11 Å². The molecule has 37 heavy (non-hydrogen) atoms. The molecule has 1 aromatic heterocycles. The first-order chi connectivity index (χ1) is 17.7. The number of hydrogen-bond donors (Lipinski definition) is 2. The number of para-hydroxylation sites is 2. The van der Waals surface area contributed by atoms with E-state index in [9.17, 15) is 9.59 Å². The van der Waals surface area contributed by atoms with Crippen LogP contribution in [0.1, 0.15) is 77.9 Å². The Bertz CT molecular complexity index is 1220. The topological polar surface area (TPSA) is 89.6 Å². The van der Waals surface area contributed by atoms with Gasteiger partial charge < -0.3 is 20.1 Å². The molecule has 2 N–H and O–H groups in total. The number of carbonyl (C=O) groups excluding carboxylic acids is 2. The van der Waals surface area contributed by atoms with Crippen LogP contribution >= 0.6 is 11.3 Å². The van der Waals surface area contributed by atoms with Gasteiger partial charge in [-0.1, -0.05) is 57.9 Å². The van der Waals surface area contributed by atoms with Crippen LogP contribution in [0, 0.1) is 0 Å². The van der Waals surface area contributed by atoms with Crippen molar-refractivity contribution in [2.24, 2.45) is 0 Å². The second-order valence-corrected chi connectivity index (χ2v) is 11.3. The highest BCUT2D eigenvalue weighted by Crippen LogP contribution is 2.27. The molecule has 1 fully saturated rings. The van der Waals surface area contributed by atoms with Gasteiger partial charge in [-0.25, -0.2) is 4.98 Å². The Morgan fingerprint density at radius 1 is 0.946 bits per heavy atom. The largest absolute Gasteiger partial charge is 0.493 e. The number of ether oxygens (including phenoxy) is 2. The van der Waals surface area contributed by atoms with Crippen molar-refractivity contribution in [3.8, 4) is 11.5 Å². The summed E-state index contributed by atoms with van der Waals surface area (Å²) in [5.41, 5.74) is 2.20. The van der Waals surface area contributed by atoms with E-state index in [1.54, 1.807) is 12.5 Å². The molecule has 0 saturated heterocycles. The molecule has 0 radical (unpaired) electrons. The normalized spacial score (nSPS) is 17.6. The fraction of sp³-hybridized carbons (Fsp3) is 0.414. The smallest absolute Gasteiger partial charge is 0.271 e. The van der Waals surface area contributed by atoms with Gasteiger partial charge in [0.2, 0.25) is 0 Å². The van der Waals surface area contributed by atoms with Gasteiger partial charge in [0, 0.05) is 23.0 Å². The molecular formula is C29H35N3O4S. The molecule has 196 valence electrons. The maximum absolute atomic E-state index is 13.0. The van der Waals surface area contributed by atoms with Gasteiger partial charge in [-0.2, -0.15) is 0 Å². The monoisotopic (exact) mass is 521 g/mol. The second kappa shape index (κ2) is 11.8. The van der Waals surface area contributed by atoms with E-state index in [0.717, 1.165) is 25.7 Å². The van der Waals surface area contributed by atoms with E-state index in [4.69, 9.17) is 9.47 Å². The zero-order valence-corrected chi connectivity index (χ0v) is 22.7. The van der Waals surface area contributed by atoms with E-state index in [1.165, 1.54) is 16.9 Å². The molecule has 2 unspecified atom stereocenters. The molecule has 3 aromatic rings. The zero-order chi connectivity index (χ0) is 26.4. The SMILES string of the molecule is COc1ccccc1OCc1nc(C(=O)NC2CCCCC2NC(=O)c2ccc(C(C)(C)C)cc2)cs1. The highest BCUT2D eigenvalue weighted by molar-refractivity contribution is 7.09. The minimum absolute atomic E-state index is 0.0316. The van der Waals surface area contributed by atoms with Gasteiger partial charge in [0.25, 0.3) is 11.8 Å². The molecule has 8 heteroatoms. The van der Waals surface area contributed by atoms with Gasteiger partial charge >= 0.3 is 0 Å². The predicted molar refractivity (Wildman–Crippen MR) is 146 cm³/mol. The van der Waals surface area contributed by atoms with Crippen molar-refractivity contribution in [2.45, 2.75) is 70.6 Å². The lowest BCUT2D eigenvalue weighted by molar-refractivity contribution is 0.0860. The fourth-order valence-corrected chi connectivity index (χ4v) is 5.14. The Kier molecular flexibility index (Phi) is 8.48. The molecule has 1 heterocycles. The van der Waals surface area contributed by atoms with Gasteiger partial charge in [-0.05, 0) is 48.1 Å². The summed E-state index contributed by atoms with van der Waals surface area (Å²) in [4.78, 5) is 30.4. The molecule has 0 spiro atoms. The molecule has 7 nitrogen and oxygen atoms in total. The molecule has 2 aromatic carbocycles. The molecule has 1 saturated carbocycles. The molecular weight excluding hydrogens is 486 g/mol. The van der Waals surface area contributed by atoms with Gasteiger partial charge in [-0.3, -0.25) is 9.59 Å². The highest BCUT2D eigenvalue weighted by atomic mass is 32.1. The summed E-state index contributed by atoms with van der Waals surface area (Å²) in [5.74, 6) is 0.920. The van der Waals surface area contributed by atoms with Crippen LogP contribution in [0.25, 0.3) is 0 Å². The van der Waals surface area contributed by atoms with Gasteiger partial charge in [0.1, 0.15) is 17.3 Å². The van der Waals surface area contributed by atoms with Crippen LogP contribution in [0.15, 0.2) is 53.9 Å². The van der Waals surface area contributed by atoms with Gasteiger partial charge in [0.15, 0.2) is 11.5 Å². The number of hydrogen-bond acceptors (Lipinski definition) is 6. The number of aromatic nitrogens is 1.